The minimum Gasteiger partial charge on any atom is -0.348 e. The summed E-state index contributed by atoms with van der Waals surface area (Å²) >= 11 is 13.3. The van der Waals surface area contributed by atoms with E-state index >= 15 is 0 Å². The van der Waals surface area contributed by atoms with Crippen LogP contribution in [0.3, 0.4) is 0 Å². The Morgan fingerprint density at radius 3 is 2.77 bits per heavy atom. The number of hydrogen-bond donors (Lipinski definition) is 3. The summed E-state index contributed by atoms with van der Waals surface area (Å²) in [7, 11) is -3.94. The van der Waals surface area contributed by atoms with Crippen molar-refractivity contribution in [2.75, 3.05) is 4.72 Å². The first-order chi connectivity index (χ1) is 14.8. The fourth-order valence-corrected chi connectivity index (χ4v) is 5.43. The second kappa shape index (κ2) is 8.88. The zero-order valence-electron chi connectivity index (χ0n) is 15.8. The van der Waals surface area contributed by atoms with Crippen LogP contribution in [0, 0.1) is 0 Å². The van der Waals surface area contributed by atoms with Crippen molar-refractivity contribution in [3.63, 3.8) is 0 Å². The Hall–Kier alpha value is -2.59. The first kappa shape index (κ1) is 21.6. The van der Waals surface area contributed by atoms with Crippen molar-refractivity contribution in [3.8, 4) is 0 Å². The number of anilines is 1. The van der Waals surface area contributed by atoms with Gasteiger partial charge < -0.3 is 10.0 Å². The van der Waals surface area contributed by atoms with Crippen molar-refractivity contribution >= 4 is 57.0 Å². The Kier molecular flexibility index (Phi) is 6.19. The topological polar surface area (TPSA) is 90.5 Å². The molecule has 0 aliphatic carbocycles. The third-order valence-corrected chi connectivity index (χ3v) is 7.20. The molecule has 2 aliphatic heterocycles. The van der Waals surface area contributed by atoms with E-state index < -0.39 is 15.9 Å². The lowest BCUT2D eigenvalue weighted by atomic mass is 10.1. The molecule has 0 radical (unpaired) electrons. The van der Waals surface area contributed by atoms with Crippen molar-refractivity contribution < 1.29 is 13.2 Å². The monoisotopic (exact) mass is 494 g/mol. The minimum absolute atomic E-state index is 0.0932. The number of amides is 1. The second-order valence-corrected chi connectivity index (χ2v) is 9.81. The fraction of sp³-hybridized carbons (Fsp3) is 0.0500. The Balaban J connectivity index is 1.54. The van der Waals surface area contributed by atoms with Crippen LogP contribution in [0.15, 0.2) is 77.6 Å². The van der Waals surface area contributed by atoms with Crippen LogP contribution < -0.4 is 14.8 Å². The molecule has 4 rings (SSSR count). The van der Waals surface area contributed by atoms with E-state index in [4.69, 9.17) is 23.2 Å². The maximum absolute atomic E-state index is 13.0. The highest BCUT2D eigenvalue weighted by atomic mass is 35.5. The molecule has 0 spiro atoms. The molecule has 2 aliphatic rings. The van der Waals surface area contributed by atoms with Gasteiger partial charge in [-0.25, -0.2) is 8.42 Å². The first-order valence-corrected chi connectivity index (χ1v) is 12.0. The zero-order chi connectivity index (χ0) is 22.0. The molecule has 0 saturated carbocycles. The molecule has 160 valence electrons. The van der Waals surface area contributed by atoms with E-state index in [1.807, 2.05) is 0 Å². The summed E-state index contributed by atoms with van der Waals surface area (Å²) in [5.41, 5.74) is 1.55. The van der Waals surface area contributed by atoms with Gasteiger partial charge in [0.1, 0.15) is 4.91 Å². The van der Waals surface area contributed by atoms with Crippen LogP contribution >= 0.6 is 35.3 Å². The fourth-order valence-electron chi connectivity index (χ4n) is 2.97. The quantitative estimate of drug-likeness (QED) is 0.516. The minimum atomic E-state index is -3.94. The van der Waals surface area contributed by atoms with Gasteiger partial charge >= 0.3 is 0 Å². The van der Waals surface area contributed by atoms with Crippen molar-refractivity contribution in [2.45, 2.75) is 6.54 Å². The third kappa shape index (κ3) is 4.69. The van der Waals surface area contributed by atoms with E-state index in [9.17, 15) is 13.2 Å². The van der Waals surface area contributed by atoms with Crippen LogP contribution in [0.2, 0.25) is 10.0 Å². The molecule has 0 fully saturated rings. The number of hydrogen-bond acceptors (Lipinski definition) is 6. The maximum Gasteiger partial charge on any atom is 0.264 e. The van der Waals surface area contributed by atoms with Crippen molar-refractivity contribution in [2.24, 2.45) is 0 Å². The highest BCUT2D eigenvalue weighted by Crippen LogP contribution is 2.34. The molecule has 2 heterocycles. The Labute approximate surface area is 194 Å². The van der Waals surface area contributed by atoms with Gasteiger partial charge in [-0.15, -0.1) is 0 Å². The summed E-state index contributed by atoms with van der Waals surface area (Å²) in [6, 6.07) is 11.4. The van der Waals surface area contributed by atoms with Crippen molar-refractivity contribution in [3.05, 3.63) is 98.8 Å². The molecular formula is C20H16Cl2N4O3S2. The molecule has 0 bridgehead atoms. The number of nitrogens with zero attached hydrogens (tertiary/aromatic N) is 1. The second-order valence-electron chi connectivity index (χ2n) is 6.51. The van der Waals surface area contributed by atoms with E-state index in [0.29, 0.717) is 21.3 Å². The highest BCUT2D eigenvalue weighted by Gasteiger charge is 2.30. The molecule has 3 N–H and O–H groups in total. The smallest absolute Gasteiger partial charge is 0.264 e. The van der Waals surface area contributed by atoms with Crippen molar-refractivity contribution in [1.29, 1.82) is 0 Å². The van der Waals surface area contributed by atoms with Crippen LogP contribution in [0.4, 0.5) is 5.69 Å². The van der Waals surface area contributed by atoms with Gasteiger partial charge in [-0.3, -0.25) is 13.8 Å². The van der Waals surface area contributed by atoms with Crippen LogP contribution in [0.5, 0.6) is 0 Å². The molecule has 0 unspecified atom stereocenters. The van der Waals surface area contributed by atoms with E-state index in [0.717, 1.165) is 0 Å². The van der Waals surface area contributed by atoms with Gasteiger partial charge in [0.25, 0.3) is 15.9 Å². The average Bonchev–Trinajstić information content (AvgIpc) is 3.22. The SMILES string of the molecule is O=C(NCc1ccc(Cl)cc1Cl)c1ccccc1NS(=O)(=O)C1=CC=CN2SNC=C12. The highest BCUT2D eigenvalue weighted by molar-refractivity contribution is 7.97. The van der Waals surface area contributed by atoms with Gasteiger partial charge in [0, 0.05) is 29.0 Å². The number of allylic oxidation sites excluding steroid dienone is 2. The summed E-state index contributed by atoms with van der Waals surface area (Å²) in [6.45, 7) is 0.163. The molecule has 1 amide bonds. The standard InChI is InChI=1S/C20H16Cl2N4O3S2/c21-14-8-7-13(16(22)10-14)11-23-20(27)15-4-1-2-5-17(15)25-31(28,29)19-6-3-9-26-18(19)12-24-30-26/h1-10,12,24-25H,11H2,(H,23,27). The number of para-hydroxylation sites is 1. The van der Waals surface area contributed by atoms with Gasteiger partial charge in [0.2, 0.25) is 0 Å². The summed E-state index contributed by atoms with van der Waals surface area (Å²) in [6.07, 6.45) is 6.50. The number of carbonyl (C=O) groups is 1. The molecule has 0 aromatic heterocycles. The molecule has 31 heavy (non-hydrogen) atoms. The summed E-state index contributed by atoms with van der Waals surface area (Å²) in [4.78, 5) is 12.9. The predicted molar refractivity (Wildman–Crippen MR) is 124 cm³/mol. The maximum atomic E-state index is 13.0. The zero-order valence-corrected chi connectivity index (χ0v) is 18.9. The molecule has 0 atom stereocenters. The van der Waals surface area contributed by atoms with Crippen LogP contribution in [0.25, 0.3) is 0 Å². The Morgan fingerprint density at radius 2 is 1.97 bits per heavy atom. The van der Waals surface area contributed by atoms with Crippen molar-refractivity contribution in [1.82, 2.24) is 14.3 Å². The molecule has 2 aromatic rings. The molecular weight excluding hydrogens is 479 g/mol. The molecule has 0 saturated heterocycles. The lowest BCUT2D eigenvalue weighted by Gasteiger charge is -2.21. The van der Waals surface area contributed by atoms with E-state index in [2.05, 4.69) is 14.8 Å². The number of rotatable bonds is 6. The summed E-state index contributed by atoms with van der Waals surface area (Å²) in [5, 5.41) is 3.69. The number of sulfonamides is 1. The summed E-state index contributed by atoms with van der Waals surface area (Å²) < 4.78 is 33.2. The van der Waals surface area contributed by atoms with E-state index in [1.165, 1.54) is 24.3 Å². The van der Waals surface area contributed by atoms with Crippen LogP contribution in [-0.4, -0.2) is 18.6 Å². The number of benzene rings is 2. The lowest BCUT2D eigenvalue weighted by molar-refractivity contribution is 0.0952. The number of fused-ring (bicyclic) bond motifs is 1. The number of halogens is 2. The number of carbonyl (C=O) groups excluding carboxylic acids is 1. The average molecular weight is 495 g/mol. The molecule has 2 aromatic carbocycles. The van der Waals surface area contributed by atoms with Crippen LogP contribution in [0.1, 0.15) is 15.9 Å². The largest absolute Gasteiger partial charge is 0.348 e. The van der Waals surface area contributed by atoms with Gasteiger partial charge in [-0.1, -0.05) is 41.4 Å². The first-order valence-electron chi connectivity index (χ1n) is 9.00. The third-order valence-electron chi connectivity index (χ3n) is 4.47. The molecule has 7 nitrogen and oxygen atoms in total. The Bertz CT molecular complexity index is 1240. The van der Waals surface area contributed by atoms with Gasteiger partial charge in [-0.2, -0.15) is 0 Å². The Morgan fingerprint density at radius 1 is 1.16 bits per heavy atom. The van der Waals surface area contributed by atoms with Gasteiger partial charge in [-0.05, 0) is 42.0 Å². The van der Waals surface area contributed by atoms with Crippen LogP contribution in [-0.2, 0) is 16.6 Å². The predicted octanol–water partition coefficient (Wildman–Crippen LogP) is 4.39. The number of nitrogens with one attached hydrogen (secondary N) is 3. The summed E-state index contributed by atoms with van der Waals surface area (Å²) in [5.74, 6) is -0.444. The van der Waals surface area contributed by atoms with Gasteiger partial charge in [0.15, 0.2) is 0 Å². The van der Waals surface area contributed by atoms with E-state index in [1.54, 1.807) is 59.2 Å². The van der Waals surface area contributed by atoms with E-state index in [-0.39, 0.29) is 22.7 Å². The molecule has 11 heteroatoms. The normalized spacial score (nSPS) is 15.0. The van der Waals surface area contributed by atoms with Gasteiger partial charge in [0.05, 0.1) is 29.1 Å². The lowest BCUT2D eigenvalue weighted by Crippen LogP contribution is -2.26.